The SMILES string of the molecule is CCCC1(CNC(=O)COCC(=O)O)CC1. The Hall–Kier alpha value is -1.10. The summed E-state index contributed by atoms with van der Waals surface area (Å²) >= 11 is 0. The maximum Gasteiger partial charge on any atom is 0.329 e. The molecule has 0 bridgehead atoms. The second-order valence-corrected chi connectivity index (χ2v) is 4.41. The molecule has 5 heteroatoms. The molecule has 0 saturated heterocycles. The molecule has 1 rings (SSSR count). The topological polar surface area (TPSA) is 75.6 Å². The maximum absolute atomic E-state index is 11.3. The van der Waals surface area contributed by atoms with Gasteiger partial charge in [-0.05, 0) is 24.7 Å². The van der Waals surface area contributed by atoms with Gasteiger partial charge >= 0.3 is 5.97 Å². The molecule has 0 heterocycles. The van der Waals surface area contributed by atoms with E-state index in [4.69, 9.17) is 9.84 Å². The summed E-state index contributed by atoms with van der Waals surface area (Å²) in [7, 11) is 0. The third-order valence-electron chi connectivity index (χ3n) is 2.86. The number of carboxylic acids is 1. The molecule has 0 aromatic carbocycles. The van der Waals surface area contributed by atoms with Gasteiger partial charge in [-0.3, -0.25) is 4.79 Å². The molecule has 0 aliphatic heterocycles. The molecule has 1 fully saturated rings. The minimum Gasteiger partial charge on any atom is -0.480 e. The van der Waals surface area contributed by atoms with E-state index in [1.54, 1.807) is 0 Å². The summed E-state index contributed by atoms with van der Waals surface area (Å²) in [6.07, 6.45) is 4.63. The molecule has 0 unspecified atom stereocenters. The fourth-order valence-electron chi connectivity index (χ4n) is 1.79. The fourth-order valence-corrected chi connectivity index (χ4v) is 1.79. The van der Waals surface area contributed by atoms with Crippen LogP contribution in [-0.4, -0.2) is 36.7 Å². The molecule has 0 spiro atoms. The third-order valence-corrected chi connectivity index (χ3v) is 2.86. The number of hydrogen-bond donors (Lipinski definition) is 2. The van der Waals surface area contributed by atoms with Crippen molar-refractivity contribution in [3.8, 4) is 0 Å². The monoisotopic (exact) mass is 229 g/mol. The summed E-state index contributed by atoms with van der Waals surface area (Å²) in [6.45, 7) is 2.23. The van der Waals surface area contributed by atoms with Crippen LogP contribution in [0, 0.1) is 5.41 Å². The molecule has 1 saturated carbocycles. The van der Waals surface area contributed by atoms with Crippen molar-refractivity contribution in [2.24, 2.45) is 5.41 Å². The lowest BCUT2D eigenvalue weighted by Gasteiger charge is -2.14. The molecule has 92 valence electrons. The number of aliphatic carboxylic acids is 1. The van der Waals surface area contributed by atoms with Crippen molar-refractivity contribution in [1.82, 2.24) is 5.32 Å². The van der Waals surface area contributed by atoms with Crippen molar-refractivity contribution >= 4 is 11.9 Å². The second kappa shape index (κ2) is 5.84. The van der Waals surface area contributed by atoms with Crippen LogP contribution in [0.3, 0.4) is 0 Å². The summed E-state index contributed by atoms with van der Waals surface area (Å²) in [5, 5.41) is 11.1. The average Bonchev–Trinajstić information content (AvgIpc) is 2.96. The zero-order valence-electron chi connectivity index (χ0n) is 9.62. The van der Waals surface area contributed by atoms with Gasteiger partial charge in [-0.1, -0.05) is 13.3 Å². The van der Waals surface area contributed by atoms with Crippen LogP contribution in [0.2, 0.25) is 0 Å². The van der Waals surface area contributed by atoms with Crippen molar-refractivity contribution in [3.63, 3.8) is 0 Å². The molecule has 0 aromatic rings. The van der Waals surface area contributed by atoms with E-state index in [2.05, 4.69) is 12.2 Å². The maximum atomic E-state index is 11.3. The highest BCUT2D eigenvalue weighted by molar-refractivity contribution is 5.77. The van der Waals surface area contributed by atoms with Gasteiger partial charge in [0, 0.05) is 6.54 Å². The highest BCUT2D eigenvalue weighted by Crippen LogP contribution is 2.48. The number of ether oxygens (including phenoxy) is 1. The van der Waals surface area contributed by atoms with Crippen LogP contribution in [0.4, 0.5) is 0 Å². The van der Waals surface area contributed by atoms with Gasteiger partial charge in [-0.2, -0.15) is 0 Å². The Balaban J connectivity index is 2.08. The predicted molar refractivity (Wildman–Crippen MR) is 58.0 cm³/mol. The number of carboxylic acid groups (broad SMARTS) is 1. The number of nitrogens with one attached hydrogen (secondary N) is 1. The van der Waals surface area contributed by atoms with Crippen LogP contribution in [0.5, 0.6) is 0 Å². The molecule has 0 aromatic heterocycles. The molecule has 1 aliphatic rings. The van der Waals surface area contributed by atoms with Gasteiger partial charge in [-0.25, -0.2) is 4.79 Å². The number of amides is 1. The minimum atomic E-state index is -1.06. The molecule has 0 radical (unpaired) electrons. The Kier molecular flexibility index (Phi) is 4.73. The van der Waals surface area contributed by atoms with Crippen LogP contribution in [0.25, 0.3) is 0 Å². The summed E-state index contributed by atoms with van der Waals surface area (Å²) in [5.74, 6) is -1.29. The van der Waals surface area contributed by atoms with Gasteiger partial charge in [-0.15, -0.1) is 0 Å². The average molecular weight is 229 g/mol. The minimum absolute atomic E-state index is 0.172. The molecule has 2 N–H and O–H groups in total. The molecule has 5 nitrogen and oxygen atoms in total. The number of carbonyl (C=O) groups is 2. The predicted octanol–water partition coefficient (Wildman–Crippen LogP) is 0.784. The van der Waals surface area contributed by atoms with Crippen LogP contribution in [0.15, 0.2) is 0 Å². The molecule has 1 amide bonds. The Morgan fingerprint density at radius 3 is 2.56 bits per heavy atom. The molecule has 0 atom stereocenters. The van der Waals surface area contributed by atoms with E-state index in [0.29, 0.717) is 12.0 Å². The van der Waals surface area contributed by atoms with E-state index < -0.39 is 12.6 Å². The Morgan fingerprint density at radius 1 is 1.38 bits per heavy atom. The van der Waals surface area contributed by atoms with Gasteiger partial charge in [0.15, 0.2) is 0 Å². The number of carbonyl (C=O) groups excluding carboxylic acids is 1. The van der Waals surface area contributed by atoms with E-state index in [9.17, 15) is 9.59 Å². The lowest BCUT2D eigenvalue weighted by molar-refractivity contribution is -0.143. The van der Waals surface area contributed by atoms with Crippen LogP contribution >= 0.6 is 0 Å². The number of hydrogen-bond acceptors (Lipinski definition) is 3. The van der Waals surface area contributed by atoms with E-state index >= 15 is 0 Å². The Labute approximate surface area is 95.2 Å². The first-order valence-corrected chi connectivity index (χ1v) is 5.64. The first-order valence-electron chi connectivity index (χ1n) is 5.64. The highest BCUT2D eigenvalue weighted by atomic mass is 16.5. The molecular weight excluding hydrogens is 210 g/mol. The van der Waals surface area contributed by atoms with E-state index in [0.717, 1.165) is 12.8 Å². The van der Waals surface area contributed by atoms with Crippen molar-refractivity contribution in [1.29, 1.82) is 0 Å². The van der Waals surface area contributed by atoms with E-state index in [-0.39, 0.29) is 12.5 Å². The summed E-state index contributed by atoms with van der Waals surface area (Å²) < 4.78 is 4.69. The van der Waals surface area contributed by atoms with Crippen LogP contribution in [0.1, 0.15) is 32.6 Å². The standard InChI is InChI=1S/C11H19NO4/c1-2-3-11(4-5-11)8-12-9(13)6-16-7-10(14)15/h2-8H2,1H3,(H,12,13)(H,14,15). The van der Waals surface area contributed by atoms with Crippen molar-refractivity contribution in [2.45, 2.75) is 32.6 Å². The van der Waals surface area contributed by atoms with Gasteiger partial charge in [0.1, 0.15) is 13.2 Å². The highest BCUT2D eigenvalue weighted by Gasteiger charge is 2.41. The van der Waals surface area contributed by atoms with Gasteiger partial charge in [0.25, 0.3) is 0 Å². The normalized spacial score (nSPS) is 16.8. The Bertz CT molecular complexity index is 261. The zero-order valence-corrected chi connectivity index (χ0v) is 9.62. The van der Waals surface area contributed by atoms with Crippen molar-refractivity contribution in [3.05, 3.63) is 0 Å². The smallest absolute Gasteiger partial charge is 0.329 e. The van der Waals surface area contributed by atoms with Crippen LogP contribution < -0.4 is 5.32 Å². The molecule has 16 heavy (non-hydrogen) atoms. The van der Waals surface area contributed by atoms with Gasteiger partial charge in [0.05, 0.1) is 0 Å². The lowest BCUT2D eigenvalue weighted by Crippen LogP contribution is -2.33. The van der Waals surface area contributed by atoms with Crippen molar-refractivity contribution in [2.75, 3.05) is 19.8 Å². The van der Waals surface area contributed by atoms with E-state index in [1.807, 2.05) is 0 Å². The van der Waals surface area contributed by atoms with Crippen molar-refractivity contribution < 1.29 is 19.4 Å². The summed E-state index contributed by atoms with van der Waals surface area (Å²) in [6, 6.07) is 0. The van der Waals surface area contributed by atoms with Crippen LogP contribution in [-0.2, 0) is 14.3 Å². The summed E-state index contributed by atoms with van der Waals surface area (Å²) in [4.78, 5) is 21.4. The first kappa shape index (κ1) is 13.0. The lowest BCUT2D eigenvalue weighted by atomic mass is 10.0. The van der Waals surface area contributed by atoms with E-state index in [1.165, 1.54) is 12.8 Å². The van der Waals surface area contributed by atoms with Gasteiger partial charge in [0.2, 0.25) is 5.91 Å². The zero-order chi connectivity index (χ0) is 12.0. The summed E-state index contributed by atoms with van der Waals surface area (Å²) in [5.41, 5.74) is 0.317. The van der Waals surface area contributed by atoms with Gasteiger partial charge < -0.3 is 15.2 Å². The Morgan fingerprint density at radius 2 is 2.06 bits per heavy atom. The molecule has 1 aliphatic carbocycles. The fraction of sp³-hybridized carbons (Fsp3) is 0.818. The first-order chi connectivity index (χ1) is 7.58. The quantitative estimate of drug-likeness (QED) is 0.645. The number of rotatable bonds is 8. The second-order valence-electron chi connectivity index (χ2n) is 4.41. The largest absolute Gasteiger partial charge is 0.480 e. The molecular formula is C11H19NO4. The third kappa shape index (κ3) is 4.61.